The summed E-state index contributed by atoms with van der Waals surface area (Å²) in [5.74, 6) is 0.954. The second-order valence-electron chi connectivity index (χ2n) is 6.92. The van der Waals surface area contributed by atoms with Gasteiger partial charge in [0.05, 0.1) is 0 Å². The average Bonchev–Trinajstić information content (AvgIpc) is 1.98. The van der Waals surface area contributed by atoms with Crippen molar-refractivity contribution < 1.29 is 4.79 Å². The van der Waals surface area contributed by atoms with Crippen molar-refractivity contribution in [1.29, 1.82) is 0 Å². The first kappa shape index (κ1) is 14.7. The monoisotopic (exact) mass is 212 g/mol. The van der Waals surface area contributed by atoms with E-state index in [9.17, 15) is 4.79 Å². The summed E-state index contributed by atoms with van der Waals surface area (Å²) in [4.78, 5) is 11.9. The summed E-state index contributed by atoms with van der Waals surface area (Å²) in [6.07, 6.45) is 3.00. The second-order valence-corrected chi connectivity index (χ2v) is 6.92. The molecule has 1 unspecified atom stereocenters. The van der Waals surface area contributed by atoms with Crippen molar-refractivity contribution in [1.82, 2.24) is 0 Å². The van der Waals surface area contributed by atoms with Crippen LogP contribution in [-0.4, -0.2) is 5.78 Å². The molecule has 1 heteroatoms. The Labute approximate surface area is 95.6 Å². The van der Waals surface area contributed by atoms with Gasteiger partial charge in [-0.05, 0) is 17.8 Å². The SMILES string of the molecule is CCC(CC(=O)C(C)(C)C)CC(C)(C)C. The second kappa shape index (κ2) is 5.14. The third-order valence-corrected chi connectivity index (χ3v) is 2.79. The Balaban J connectivity index is 4.29. The zero-order chi connectivity index (χ0) is 12.3. The van der Waals surface area contributed by atoms with Crippen LogP contribution < -0.4 is 0 Å². The zero-order valence-corrected chi connectivity index (χ0v) is 11.6. The summed E-state index contributed by atoms with van der Waals surface area (Å²) in [6.45, 7) is 15.0. The van der Waals surface area contributed by atoms with Gasteiger partial charge >= 0.3 is 0 Å². The number of ketones is 1. The zero-order valence-electron chi connectivity index (χ0n) is 11.6. The first-order valence-corrected chi connectivity index (χ1v) is 6.09. The van der Waals surface area contributed by atoms with Crippen LogP contribution in [0.2, 0.25) is 0 Å². The van der Waals surface area contributed by atoms with Gasteiger partial charge in [0.1, 0.15) is 5.78 Å². The third-order valence-electron chi connectivity index (χ3n) is 2.79. The Hall–Kier alpha value is -0.330. The number of carbonyl (C=O) groups is 1. The highest BCUT2D eigenvalue weighted by molar-refractivity contribution is 5.83. The van der Waals surface area contributed by atoms with E-state index in [-0.39, 0.29) is 5.41 Å². The van der Waals surface area contributed by atoms with E-state index in [4.69, 9.17) is 0 Å². The van der Waals surface area contributed by atoms with Crippen LogP contribution in [0.1, 0.15) is 67.7 Å². The van der Waals surface area contributed by atoms with Crippen molar-refractivity contribution in [2.75, 3.05) is 0 Å². The third kappa shape index (κ3) is 6.70. The number of hydrogen-bond donors (Lipinski definition) is 0. The van der Waals surface area contributed by atoms with E-state index >= 15 is 0 Å². The summed E-state index contributed by atoms with van der Waals surface area (Å²) < 4.78 is 0. The number of hydrogen-bond acceptors (Lipinski definition) is 1. The maximum atomic E-state index is 11.9. The Morgan fingerprint density at radius 1 is 1.07 bits per heavy atom. The molecule has 0 saturated carbocycles. The standard InChI is InChI=1S/C14H28O/c1-8-11(10-13(2,3)4)9-12(15)14(5,6)7/h11H,8-10H2,1-7H3. The van der Waals surface area contributed by atoms with Crippen molar-refractivity contribution in [3.05, 3.63) is 0 Å². The van der Waals surface area contributed by atoms with Gasteiger partial charge in [0.2, 0.25) is 0 Å². The Morgan fingerprint density at radius 2 is 1.53 bits per heavy atom. The molecule has 0 aliphatic heterocycles. The normalized spacial score (nSPS) is 15.1. The van der Waals surface area contributed by atoms with Crippen LogP contribution >= 0.6 is 0 Å². The predicted molar refractivity (Wildman–Crippen MR) is 66.9 cm³/mol. The van der Waals surface area contributed by atoms with E-state index < -0.39 is 0 Å². The fraction of sp³-hybridized carbons (Fsp3) is 0.929. The van der Waals surface area contributed by atoms with Crippen molar-refractivity contribution in [2.24, 2.45) is 16.7 Å². The van der Waals surface area contributed by atoms with Crippen molar-refractivity contribution in [3.63, 3.8) is 0 Å². The van der Waals surface area contributed by atoms with Crippen LogP contribution in [0.3, 0.4) is 0 Å². The molecule has 0 radical (unpaired) electrons. The maximum Gasteiger partial charge on any atom is 0.138 e. The van der Waals surface area contributed by atoms with Crippen LogP contribution in [0.5, 0.6) is 0 Å². The molecule has 0 aromatic heterocycles. The van der Waals surface area contributed by atoms with Gasteiger partial charge in [-0.3, -0.25) is 4.79 Å². The molecule has 0 aliphatic rings. The molecule has 1 nitrogen and oxygen atoms in total. The highest BCUT2D eigenvalue weighted by atomic mass is 16.1. The van der Waals surface area contributed by atoms with E-state index in [1.165, 1.54) is 0 Å². The topological polar surface area (TPSA) is 17.1 Å². The Morgan fingerprint density at radius 3 is 1.80 bits per heavy atom. The lowest BCUT2D eigenvalue weighted by Gasteiger charge is -2.27. The van der Waals surface area contributed by atoms with Crippen molar-refractivity contribution >= 4 is 5.78 Å². The van der Waals surface area contributed by atoms with Gasteiger partial charge in [-0.25, -0.2) is 0 Å². The molecule has 0 aliphatic carbocycles. The lowest BCUT2D eigenvalue weighted by molar-refractivity contribution is -0.127. The highest BCUT2D eigenvalue weighted by Crippen LogP contribution is 2.30. The van der Waals surface area contributed by atoms with Gasteiger partial charge in [-0.15, -0.1) is 0 Å². The number of carbonyl (C=O) groups excluding carboxylic acids is 1. The number of Topliss-reactive ketones (excluding diaryl/α,β-unsaturated/α-hetero) is 1. The van der Waals surface area contributed by atoms with E-state index in [1.54, 1.807) is 0 Å². The lowest BCUT2D eigenvalue weighted by atomic mass is 9.78. The van der Waals surface area contributed by atoms with Crippen LogP contribution in [0, 0.1) is 16.7 Å². The molecule has 15 heavy (non-hydrogen) atoms. The van der Waals surface area contributed by atoms with Crippen LogP contribution in [0.25, 0.3) is 0 Å². The van der Waals surface area contributed by atoms with Gasteiger partial charge in [0, 0.05) is 11.8 Å². The molecule has 0 bridgehead atoms. The van der Waals surface area contributed by atoms with Crippen LogP contribution in [0.15, 0.2) is 0 Å². The van der Waals surface area contributed by atoms with Crippen LogP contribution in [-0.2, 0) is 4.79 Å². The van der Waals surface area contributed by atoms with E-state index in [2.05, 4.69) is 27.7 Å². The van der Waals surface area contributed by atoms with E-state index in [0.717, 1.165) is 19.3 Å². The summed E-state index contributed by atoms with van der Waals surface area (Å²) >= 11 is 0. The molecule has 0 aromatic carbocycles. The molecule has 0 spiro atoms. The van der Waals surface area contributed by atoms with E-state index in [0.29, 0.717) is 17.1 Å². The van der Waals surface area contributed by atoms with E-state index in [1.807, 2.05) is 20.8 Å². The smallest absolute Gasteiger partial charge is 0.138 e. The average molecular weight is 212 g/mol. The van der Waals surface area contributed by atoms with Gasteiger partial charge in [0.15, 0.2) is 0 Å². The quantitative estimate of drug-likeness (QED) is 0.672. The Bertz CT molecular complexity index is 202. The minimum Gasteiger partial charge on any atom is -0.299 e. The maximum absolute atomic E-state index is 11.9. The predicted octanol–water partition coefficient (Wildman–Crippen LogP) is 4.45. The summed E-state index contributed by atoms with van der Waals surface area (Å²) in [5.41, 5.74) is 0.157. The van der Waals surface area contributed by atoms with Crippen LogP contribution in [0.4, 0.5) is 0 Å². The molecule has 90 valence electrons. The molecular weight excluding hydrogens is 184 g/mol. The van der Waals surface area contributed by atoms with Gasteiger partial charge in [-0.2, -0.15) is 0 Å². The molecule has 0 heterocycles. The van der Waals surface area contributed by atoms with Crippen molar-refractivity contribution in [3.8, 4) is 0 Å². The Kier molecular flexibility index (Phi) is 5.02. The fourth-order valence-corrected chi connectivity index (χ4v) is 1.80. The summed E-state index contributed by atoms with van der Waals surface area (Å²) in [6, 6.07) is 0. The van der Waals surface area contributed by atoms with Gasteiger partial charge in [0.25, 0.3) is 0 Å². The molecule has 0 rings (SSSR count). The molecule has 0 amide bonds. The lowest BCUT2D eigenvalue weighted by Crippen LogP contribution is -2.24. The molecule has 0 saturated heterocycles. The molecular formula is C14H28O. The first-order chi connectivity index (χ1) is 6.56. The first-order valence-electron chi connectivity index (χ1n) is 6.09. The largest absolute Gasteiger partial charge is 0.299 e. The number of rotatable bonds is 4. The minimum absolute atomic E-state index is 0.175. The molecule has 0 fully saturated rings. The fourth-order valence-electron chi connectivity index (χ4n) is 1.80. The molecule has 0 aromatic rings. The van der Waals surface area contributed by atoms with Gasteiger partial charge in [-0.1, -0.05) is 54.9 Å². The van der Waals surface area contributed by atoms with Crippen molar-refractivity contribution in [2.45, 2.75) is 67.7 Å². The van der Waals surface area contributed by atoms with Gasteiger partial charge < -0.3 is 0 Å². The molecule has 0 N–H and O–H groups in total. The summed E-state index contributed by atoms with van der Waals surface area (Å²) in [5, 5.41) is 0. The highest BCUT2D eigenvalue weighted by Gasteiger charge is 2.26. The summed E-state index contributed by atoms with van der Waals surface area (Å²) in [7, 11) is 0. The molecule has 1 atom stereocenters. The minimum atomic E-state index is -0.175.